The van der Waals surface area contributed by atoms with Crippen LogP contribution in [0.25, 0.3) is 0 Å². The Bertz CT molecular complexity index is 607. The van der Waals surface area contributed by atoms with Gasteiger partial charge in [-0.15, -0.1) is 0 Å². The first kappa shape index (κ1) is 13.5. The van der Waals surface area contributed by atoms with E-state index in [1.165, 1.54) is 23.9 Å². The molecule has 1 aromatic heterocycles. The van der Waals surface area contributed by atoms with Gasteiger partial charge in [0.2, 0.25) is 5.88 Å². The van der Waals surface area contributed by atoms with Gasteiger partial charge in [-0.05, 0) is 28.1 Å². The molecule has 100 valence electrons. The van der Waals surface area contributed by atoms with Gasteiger partial charge in [0.05, 0.1) is 12.7 Å². The number of methoxy groups -OCH3 is 1. The minimum absolute atomic E-state index is 0.0629. The number of hydrogen-bond acceptors (Lipinski definition) is 3. The van der Waals surface area contributed by atoms with Crippen molar-refractivity contribution in [2.75, 3.05) is 12.4 Å². The Morgan fingerprint density at radius 3 is 2.84 bits per heavy atom. The Hall–Kier alpha value is -1.89. The van der Waals surface area contributed by atoms with Crippen LogP contribution in [0.15, 0.2) is 28.7 Å². The van der Waals surface area contributed by atoms with Crippen LogP contribution < -0.4 is 10.1 Å². The number of aromatic nitrogens is 2. The van der Waals surface area contributed by atoms with E-state index in [1.54, 1.807) is 19.2 Å². The molecule has 0 unspecified atom stereocenters. The lowest BCUT2D eigenvalue weighted by Crippen LogP contribution is -2.15. The third kappa shape index (κ3) is 2.76. The number of nitrogens with zero attached hydrogens (tertiary/aromatic N) is 2. The molecule has 19 heavy (non-hydrogen) atoms. The third-order valence-corrected chi connectivity index (χ3v) is 3.14. The van der Waals surface area contributed by atoms with Gasteiger partial charge in [-0.2, -0.15) is 5.10 Å². The summed E-state index contributed by atoms with van der Waals surface area (Å²) in [6.45, 7) is 0. The fraction of sp³-hybridized carbons (Fsp3) is 0.167. The van der Waals surface area contributed by atoms with E-state index in [2.05, 4.69) is 26.3 Å². The molecule has 0 atom stereocenters. The lowest BCUT2D eigenvalue weighted by molar-refractivity contribution is 0.102. The summed E-state index contributed by atoms with van der Waals surface area (Å²) in [6, 6.07) is 5.88. The molecule has 5 nitrogen and oxygen atoms in total. The van der Waals surface area contributed by atoms with Crippen LogP contribution in [0, 0.1) is 5.82 Å². The summed E-state index contributed by atoms with van der Waals surface area (Å²) in [5, 5.41) is 6.54. The largest absolute Gasteiger partial charge is 0.481 e. The Labute approximate surface area is 117 Å². The van der Waals surface area contributed by atoms with E-state index in [9.17, 15) is 9.18 Å². The van der Waals surface area contributed by atoms with Crippen molar-refractivity contribution in [1.29, 1.82) is 0 Å². The molecule has 0 saturated carbocycles. The first-order valence-corrected chi connectivity index (χ1v) is 6.15. The molecule has 1 aromatic carbocycles. The summed E-state index contributed by atoms with van der Waals surface area (Å²) in [5.41, 5.74) is -0.0629. The zero-order chi connectivity index (χ0) is 14.0. The van der Waals surface area contributed by atoms with Crippen molar-refractivity contribution in [3.8, 4) is 5.88 Å². The molecule has 7 heteroatoms. The van der Waals surface area contributed by atoms with Crippen LogP contribution in [0.2, 0.25) is 0 Å². The SMILES string of the molecule is COc1cc(NC(=O)c2c(F)cccc2Br)nn1C. The molecule has 0 bridgehead atoms. The minimum atomic E-state index is -0.602. The highest BCUT2D eigenvalue weighted by Crippen LogP contribution is 2.22. The monoisotopic (exact) mass is 327 g/mol. The molecule has 0 spiro atoms. The number of ether oxygens (including phenoxy) is 1. The van der Waals surface area contributed by atoms with E-state index in [-0.39, 0.29) is 5.56 Å². The van der Waals surface area contributed by atoms with Gasteiger partial charge in [0.1, 0.15) is 5.82 Å². The molecule has 2 aromatic rings. The molecule has 1 heterocycles. The van der Waals surface area contributed by atoms with Crippen LogP contribution in [0.4, 0.5) is 10.2 Å². The van der Waals surface area contributed by atoms with Gasteiger partial charge in [0, 0.05) is 17.6 Å². The average Bonchev–Trinajstić information content (AvgIpc) is 2.69. The second-order valence-electron chi connectivity index (χ2n) is 3.75. The topological polar surface area (TPSA) is 56.1 Å². The van der Waals surface area contributed by atoms with Crippen LogP contribution in [-0.2, 0) is 7.05 Å². The van der Waals surface area contributed by atoms with Crippen LogP contribution in [0.3, 0.4) is 0 Å². The number of benzene rings is 1. The van der Waals surface area contributed by atoms with Crippen LogP contribution >= 0.6 is 15.9 Å². The molecule has 0 radical (unpaired) electrons. The summed E-state index contributed by atoms with van der Waals surface area (Å²) in [5.74, 6) is -0.400. The van der Waals surface area contributed by atoms with Crippen molar-refractivity contribution in [1.82, 2.24) is 9.78 Å². The molecule has 0 fully saturated rings. The van der Waals surface area contributed by atoms with E-state index >= 15 is 0 Å². The maximum absolute atomic E-state index is 13.6. The Morgan fingerprint density at radius 1 is 1.53 bits per heavy atom. The number of nitrogens with one attached hydrogen (secondary N) is 1. The van der Waals surface area contributed by atoms with Gasteiger partial charge in [-0.3, -0.25) is 4.79 Å². The zero-order valence-electron chi connectivity index (χ0n) is 10.3. The molecule has 0 aliphatic rings. The van der Waals surface area contributed by atoms with E-state index in [0.29, 0.717) is 16.2 Å². The number of halogens is 2. The smallest absolute Gasteiger partial charge is 0.260 e. The molecule has 0 aliphatic carbocycles. The summed E-state index contributed by atoms with van der Waals surface area (Å²) in [4.78, 5) is 12.0. The average molecular weight is 328 g/mol. The highest BCUT2D eigenvalue weighted by Gasteiger charge is 2.17. The number of carbonyl (C=O) groups excluding carboxylic acids is 1. The van der Waals surface area contributed by atoms with Crippen LogP contribution in [0.1, 0.15) is 10.4 Å². The van der Waals surface area contributed by atoms with Crippen molar-refractivity contribution in [2.45, 2.75) is 0 Å². The van der Waals surface area contributed by atoms with E-state index in [1.807, 2.05) is 0 Å². The number of amides is 1. The van der Waals surface area contributed by atoms with E-state index in [0.717, 1.165) is 0 Å². The minimum Gasteiger partial charge on any atom is -0.481 e. The second-order valence-corrected chi connectivity index (χ2v) is 4.60. The highest BCUT2D eigenvalue weighted by molar-refractivity contribution is 9.10. The molecule has 0 aliphatic heterocycles. The molecule has 0 saturated heterocycles. The number of aryl methyl sites for hydroxylation is 1. The van der Waals surface area contributed by atoms with Crippen molar-refractivity contribution >= 4 is 27.7 Å². The number of carbonyl (C=O) groups is 1. The van der Waals surface area contributed by atoms with Gasteiger partial charge in [-0.25, -0.2) is 9.07 Å². The second kappa shape index (κ2) is 5.40. The normalized spacial score (nSPS) is 10.3. The lowest BCUT2D eigenvalue weighted by atomic mass is 10.2. The van der Waals surface area contributed by atoms with Gasteiger partial charge >= 0.3 is 0 Å². The fourth-order valence-corrected chi connectivity index (χ4v) is 2.12. The van der Waals surface area contributed by atoms with Gasteiger partial charge in [0.25, 0.3) is 5.91 Å². The van der Waals surface area contributed by atoms with Crippen molar-refractivity contribution in [3.05, 3.63) is 40.1 Å². The number of rotatable bonds is 3. The first-order chi connectivity index (χ1) is 9.02. The Morgan fingerprint density at radius 2 is 2.26 bits per heavy atom. The predicted molar refractivity (Wildman–Crippen MR) is 71.8 cm³/mol. The van der Waals surface area contributed by atoms with E-state index in [4.69, 9.17) is 4.74 Å². The van der Waals surface area contributed by atoms with Crippen LogP contribution in [0.5, 0.6) is 5.88 Å². The molecular weight excluding hydrogens is 317 g/mol. The number of hydrogen-bond donors (Lipinski definition) is 1. The highest BCUT2D eigenvalue weighted by atomic mass is 79.9. The van der Waals surface area contributed by atoms with Crippen molar-refractivity contribution < 1.29 is 13.9 Å². The third-order valence-electron chi connectivity index (χ3n) is 2.48. The quantitative estimate of drug-likeness (QED) is 0.942. The standard InChI is InChI=1S/C12H11BrFN3O2/c1-17-10(19-2)6-9(16-17)15-12(18)11-7(13)4-3-5-8(11)14/h3-6H,1-2H3,(H,15,16,18). The van der Waals surface area contributed by atoms with Gasteiger partial charge < -0.3 is 10.1 Å². The predicted octanol–water partition coefficient (Wildman–Crippen LogP) is 2.58. The Balaban J connectivity index is 2.25. The van der Waals surface area contributed by atoms with Gasteiger partial charge in [0.15, 0.2) is 5.82 Å². The fourth-order valence-electron chi connectivity index (χ4n) is 1.60. The summed E-state index contributed by atoms with van der Waals surface area (Å²) < 4.78 is 20.5. The summed E-state index contributed by atoms with van der Waals surface area (Å²) in [6.07, 6.45) is 0. The number of anilines is 1. The molecular formula is C12H11BrFN3O2. The van der Waals surface area contributed by atoms with Gasteiger partial charge in [-0.1, -0.05) is 6.07 Å². The Kier molecular flexibility index (Phi) is 3.84. The molecule has 1 N–H and O–H groups in total. The zero-order valence-corrected chi connectivity index (χ0v) is 11.9. The molecule has 2 rings (SSSR count). The first-order valence-electron chi connectivity index (χ1n) is 5.36. The maximum atomic E-state index is 13.6. The lowest BCUT2D eigenvalue weighted by Gasteiger charge is -2.05. The maximum Gasteiger partial charge on any atom is 0.260 e. The summed E-state index contributed by atoms with van der Waals surface area (Å²) in [7, 11) is 3.17. The summed E-state index contributed by atoms with van der Waals surface area (Å²) >= 11 is 3.14. The van der Waals surface area contributed by atoms with Crippen molar-refractivity contribution in [3.63, 3.8) is 0 Å². The molecule has 1 amide bonds. The van der Waals surface area contributed by atoms with Crippen LogP contribution in [-0.4, -0.2) is 22.8 Å². The van der Waals surface area contributed by atoms with Crippen molar-refractivity contribution in [2.24, 2.45) is 7.05 Å². The van der Waals surface area contributed by atoms with E-state index < -0.39 is 11.7 Å².